The predicted octanol–water partition coefficient (Wildman–Crippen LogP) is 3.96. The molecular weight excluding hydrogens is 669 g/mol. The molecule has 50 heavy (non-hydrogen) atoms. The fourth-order valence-corrected chi connectivity index (χ4v) is 7.08. The highest BCUT2D eigenvalue weighted by atomic mass is 31.2. The summed E-state index contributed by atoms with van der Waals surface area (Å²) in [6.07, 6.45) is 0.329. The second kappa shape index (κ2) is 23.0. The maximum absolute atomic E-state index is 14.7. The normalized spacial score (nSPS) is 16.9. The average Bonchev–Trinajstić information content (AvgIpc) is 3.05. The van der Waals surface area contributed by atoms with Gasteiger partial charge in [0, 0.05) is 25.7 Å². The summed E-state index contributed by atoms with van der Waals surface area (Å²) in [7, 11) is -1.59. The second-order valence-electron chi connectivity index (χ2n) is 13.1. The van der Waals surface area contributed by atoms with E-state index in [1.165, 1.54) is 20.4 Å². The van der Waals surface area contributed by atoms with Gasteiger partial charge in [0.25, 0.3) is 0 Å². The van der Waals surface area contributed by atoms with E-state index in [2.05, 4.69) is 25.1 Å². The Kier molecular flexibility index (Phi) is 20.8. The number of hydrogen-bond donors (Lipinski definition) is 6. The first-order chi connectivity index (χ1) is 23.6. The van der Waals surface area contributed by atoms with Crippen LogP contribution in [0.3, 0.4) is 0 Å². The van der Waals surface area contributed by atoms with Crippen LogP contribution in [0.4, 0.5) is 17.5 Å². The Hall–Kier alpha value is -2.72. The zero-order valence-electron chi connectivity index (χ0n) is 31.3. The largest absolute Gasteiger partial charge is 0.479 e. The zero-order chi connectivity index (χ0) is 38.0. The van der Waals surface area contributed by atoms with Gasteiger partial charge in [-0.1, -0.05) is 54.9 Å². The van der Waals surface area contributed by atoms with Crippen LogP contribution in [-0.4, -0.2) is 96.0 Å². The number of aromatic nitrogens is 2. The Labute approximate surface area is 297 Å². The number of anilines is 2. The average molecular weight is 732 g/mol. The lowest BCUT2D eigenvalue weighted by Gasteiger charge is -2.32. The van der Waals surface area contributed by atoms with Crippen LogP contribution in [0.25, 0.3) is 0 Å². The molecule has 0 aromatic carbocycles. The number of aliphatic imine (C=N–C) groups is 1. The Balaban J connectivity index is 3.37. The van der Waals surface area contributed by atoms with Gasteiger partial charge in [-0.15, -0.1) is 0 Å². The topological polar surface area (TPSA) is 243 Å². The van der Waals surface area contributed by atoms with E-state index in [9.17, 15) is 24.4 Å². The van der Waals surface area contributed by atoms with Gasteiger partial charge in [-0.05, 0) is 43.9 Å². The molecule has 16 nitrogen and oxygen atoms in total. The highest BCUT2D eigenvalue weighted by Crippen LogP contribution is 2.42. The monoisotopic (exact) mass is 731 g/mol. The minimum absolute atomic E-state index is 0.0118. The number of aliphatic hydroxyl groups is 2. The third-order valence-electron chi connectivity index (χ3n) is 7.83. The van der Waals surface area contributed by atoms with E-state index in [1.54, 1.807) is 0 Å². The van der Waals surface area contributed by atoms with Crippen molar-refractivity contribution in [3.8, 4) is 5.88 Å². The van der Waals surface area contributed by atoms with Crippen LogP contribution in [0.5, 0.6) is 5.88 Å². The number of ether oxygens (including phenoxy) is 3. The number of nitrogens with one attached hydrogen (secondary N) is 2. The van der Waals surface area contributed by atoms with E-state index in [4.69, 9.17) is 30.2 Å². The Morgan fingerprint density at radius 2 is 1.60 bits per heavy atom. The van der Waals surface area contributed by atoms with Gasteiger partial charge in [0.1, 0.15) is 18.2 Å². The van der Waals surface area contributed by atoms with Crippen molar-refractivity contribution in [3.05, 3.63) is 0 Å². The molecule has 0 aliphatic heterocycles. The molecule has 0 fully saturated rings. The SMILES string of the molecule is CCCOC(=O)[C@H](CC(C)C)NP(=O)(N[C@@H](CC(C)C)C(=O)C(CC)CCC)OCC(OC)C(O)C(O)CC=Nc1c(N)nc(N)nc1OC. The van der Waals surface area contributed by atoms with E-state index >= 15 is 0 Å². The number of carbonyl (C=O) groups is 2. The number of nitrogens with zero attached hydrogens (tertiary/aromatic N) is 3. The molecule has 1 rings (SSSR count). The molecule has 1 heterocycles. The molecular formula is C33H62N7O9P. The predicted molar refractivity (Wildman–Crippen MR) is 194 cm³/mol. The maximum Gasteiger partial charge on any atom is 0.342 e. The van der Waals surface area contributed by atoms with E-state index in [0.29, 0.717) is 25.7 Å². The van der Waals surface area contributed by atoms with Crippen molar-refractivity contribution in [1.82, 2.24) is 20.1 Å². The van der Waals surface area contributed by atoms with E-state index in [1.807, 2.05) is 48.5 Å². The summed E-state index contributed by atoms with van der Waals surface area (Å²) in [4.78, 5) is 38.9. The number of methoxy groups -OCH3 is 2. The molecule has 0 aliphatic carbocycles. The first-order valence-electron chi connectivity index (χ1n) is 17.4. The van der Waals surface area contributed by atoms with Gasteiger partial charge < -0.3 is 40.4 Å². The molecule has 1 aromatic rings. The van der Waals surface area contributed by atoms with Crippen LogP contribution in [0.1, 0.15) is 93.4 Å². The third-order valence-corrected chi connectivity index (χ3v) is 9.65. The lowest BCUT2D eigenvalue weighted by Crippen LogP contribution is -2.47. The fourth-order valence-electron chi connectivity index (χ4n) is 5.24. The molecule has 0 saturated carbocycles. The second-order valence-corrected chi connectivity index (χ2v) is 15.0. The molecule has 0 saturated heterocycles. The minimum Gasteiger partial charge on any atom is -0.479 e. The van der Waals surface area contributed by atoms with Gasteiger partial charge in [-0.25, -0.2) is 10.2 Å². The number of nitrogens with two attached hydrogens (primary N) is 2. The number of hydrogen-bond acceptors (Lipinski definition) is 14. The number of aliphatic hydroxyl groups excluding tert-OH is 2. The minimum atomic E-state index is -4.24. The Bertz CT molecular complexity index is 1250. The summed E-state index contributed by atoms with van der Waals surface area (Å²) >= 11 is 0. The molecule has 7 atom stereocenters. The molecule has 288 valence electrons. The number of Topliss-reactive ketones (excluding diaryl/α,β-unsaturated/α-hetero) is 1. The standard InChI is InChI=1S/C33H62N7O9P/c1-10-13-22(12-3)28(42)23(17-20(4)5)39-50(45,40-24(18-21(6)7)32(44)48-16-11-2)49-19-26(46-8)29(43)25(41)14-15-36-27-30(34)37-33(35)38-31(27)47-9/h15,20-26,29,41,43H,10-14,16-19H2,1-9H3,(H2,39,40,45)(H4,34,35,37,38)/t22?,23-,24-,25?,26?,29?,50?/m0/s1. The summed E-state index contributed by atoms with van der Waals surface area (Å²) < 4.78 is 36.7. The van der Waals surface area contributed by atoms with Crippen LogP contribution in [0, 0.1) is 17.8 Å². The molecule has 5 unspecified atom stereocenters. The van der Waals surface area contributed by atoms with Crippen molar-refractivity contribution >= 4 is 43.1 Å². The summed E-state index contributed by atoms with van der Waals surface area (Å²) in [6, 6.07) is -1.88. The van der Waals surface area contributed by atoms with Gasteiger partial charge in [0.15, 0.2) is 17.3 Å². The van der Waals surface area contributed by atoms with Crippen LogP contribution in [0.15, 0.2) is 4.99 Å². The fraction of sp³-hybridized carbons (Fsp3) is 0.788. The van der Waals surface area contributed by atoms with Crippen LogP contribution in [-0.2, 0) is 28.2 Å². The first-order valence-corrected chi connectivity index (χ1v) is 19.1. The van der Waals surface area contributed by atoms with Crippen molar-refractivity contribution in [2.45, 2.75) is 124 Å². The van der Waals surface area contributed by atoms with Crippen molar-refractivity contribution in [2.75, 3.05) is 38.9 Å². The molecule has 1 aromatic heterocycles. The quantitative estimate of drug-likeness (QED) is 0.0449. The number of rotatable bonds is 26. The number of carbonyl (C=O) groups excluding carboxylic acids is 2. The third kappa shape index (κ3) is 15.3. The zero-order valence-corrected chi connectivity index (χ0v) is 32.2. The van der Waals surface area contributed by atoms with Crippen molar-refractivity contribution < 1.29 is 43.1 Å². The summed E-state index contributed by atoms with van der Waals surface area (Å²) in [5.41, 5.74) is 11.6. The molecule has 0 spiro atoms. The summed E-state index contributed by atoms with van der Waals surface area (Å²) in [6.45, 7) is 13.2. The Morgan fingerprint density at radius 3 is 2.14 bits per heavy atom. The van der Waals surface area contributed by atoms with Gasteiger partial charge in [0.05, 0.1) is 32.5 Å². The van der Waals surface area contributed by atoms with Gasteiger partial charge >= 0.3 is 13.6 Å². The Morgan fingerprint density at radius 1 is 0.980 bits per heavy atom. The van der Waals surface area contributed by atoms with Crippen LogP contribution < -0.4 is 26.4 Å². The molecule has 0 amide bonds. The first kappa shape index (κ1) is 45.3. The van der Waals surface area contributed by atoms with E-state index in [-0.39, 0.29) is 66.3 Å². The van der Waals surface area contributed by atoms with Crippen molar-refractivity contribution in [1.29, 1.82) is 0 Å². The molecule has 0 aliphatic rings. The van der Waals surface area contributed by atoms with E-state index < -0.39 is 50.6 Å². The molecule has 8 N–H and O–H groups in total. The van der Waals surface area contributed by atoms with Gasteiger partial charge in [-0.2, -0.15) is 9.97 Å². The smallest absolute Gasteiger partial charge is 0.342 e. The van der Waals surface area contributed by atoms with Crippen molar-refractivity contribution in [3.63, 3.8) is 0 Å². The van der Waals surface area contributed by atoms with Crippen LogP contribution in [0.2, 0.25) is 0 Å². The summed E-state index contributed by atoms with van der Waals surface area (Å²) in [5, 5.41) is 27.7. The number of nitrogen functional groups attached to an aromatic ring is 2. The van der Waals surface area contributed by atoms with Gasteiger partial charge in [0.2, 0.25) is 11.8 Å². The lowest BCUT2D eigenvalue weighted by molar-refractivity contribution is -0.146. The number of esters is 1. The highest BCUT2D eigenvalue weighted by Gasteiger charge is 2.39. The van der Waals surface area contributed by atoms with Gasteiger partial charge in [-0.3, -0.25) is 19.1 Å². The highest BCUT2D eigenvalue weighted by molar-refractivity contribution is 7.54. The molecule has 17 heteroatoms. The van der Waals surface area contributed by atoms with Crippen molar-refractivity contribution in [2.24, 2.45) is 22.7 Å². The molecule has 0 bridgehead atoms. The summed E-state index contributed by atoms with van der Waals surface area (Å²) in [5.74, 6) is -0.986. The van der Waals surface area contributed by atoms with E-state index in [0.717, 1.165) is 6.42 Å². The lowest BCUT2D eigenvalue weighted by atomic mass is 9.88. The maximum atomic E-state index is 14.7. The van der Waals surface area contributed by atoms with Crippen LogP contribution >= 0.6 is 7.67 Å². The molecule has 0 radical (unpaired) electrons. The number of ketones is 1.